The molecular formula is C21H26N2OS. The topological polar surface area (TPSA) is 32.3 Å². The van der Waals surface area contributed by atoms with Crippen LogP contribution in [0.3, 0.4) is 0 Å². The highest BCUT2D eigenvalue weighted by atomic mass is 32.2. The van der Waals surface area contributed by atoms with Gasteiger partial charge >= 0.3 is 6.03 Å². The molecule has 1 atom stereocenters. The van der Waals surface area contributed by atoms with Gasteiger partial charge in [0.05, 0.1) is 0 Å². The Labute approximate surface area is 154 Å². The summed E-state index contributed by atoms with van der Waals surface area (Å²) in [6.07, 6.45) is 0. The molecule has 0 saturated carbocycles. The number of nitrogens with one attached hydrogen (secondary N) is 1. The minimum atomic E-state index is -0.0220. The van der Waals surface area contributed by atoms with Gasteiger partial charge in [0.1, 0.15) is 5.37 Å². The molecule has 2 amide bonds. The average molecular weight is 355 g/mol. The third-order valence-corrected chi connectivity index (χ3v) is 6.06. The molecule has 0 spiro atoms. The molecule has 1 N–H and O–H groups in total. The molecule has 132 valence electrons. The molecule has 3 nitrogen and oxygen atoms in total. The molecule has 1 aliphatic heterocycles. The Bertz CT molecular complexity index is 755. The standard InChI is InChI=1S/C21H26N2OS/c1-14(2)17-6-8-18(9-7-17)20-23(11-12-25-20)21(24)22-19-10-5-15(3)16(4)13-19/h5-10,13-14,20H,11-12H2,1-4H3,(H,22,24). The predicted molar refractivity (Wildman–Crippen MR) is 107 cm³/mol. The molecule has 4 heteroatoms. The van der Waals surface area contributed by atoms with E-state index in [0.717, 1.165) is 18.0 Å². The van der Waals surface area contributed by atoms with E-state index in [0.29, 0.717) is 5.92 Å². The first-order chi connectivity index (χ1) is 12.0. The van der Waals surface area contributed by atoms with Gasteiger partial charge in [0.15, 0.2) is 0 Å². The van der Waals surface area contributed by atoms with E-state index >= 15 is 0 Å². The van der Waals surface area contributed by atoms with E-state index in [-0.39, 0.29) is 11.4 Å². The van der Waals surface area contributed by atoms with Crippen molar-refractivity contribution in [3.63, 3.8) is 0 Å². The lowest BCUT2D eigenvalue weighted by molar-refractivity contribution is 0.214. The fourth-order valence-corrected chi connectivity index (χ4v) is 4.27. The van der Waals surface area contributed by atoms with Crippen molar-refractivity contribution in [2.75, 3.05) is 17.6 Å². The van der Waals surface area contributed by atoms with Crippen molar-refractivity contribution >= 4 is 23.5 Å². The van der Waals surface area contributed by atoms with Crippen LogP contribution in [-0.4, -0.2) is 23.2 Å². The van der Waals surface area contributed by atoms with Crippen molar-refractivity contribution < 1.29 is 4.79 Å². The lowest BCUT2D eigenvalue weighted by Gasteiger charge is -2.25. The number of carbonyl (C=O) groups excluding carboxylic acids is 1. The highest BCUT2D eigenvalue weighted by Gasteiger charge is 2.30. The van der Waals surface area contributed by atoms with E-state index in [4.69, 9.17) is 0 Å². The summed E-state index contributed by atoms with van der Waals surface area (Å²) in [6, 6.07) is 14.7. The van der Waals surface area contributed by atoms with E-state index < -0.39 is 0 Å². The Hall–Kier alpha value is -1.94. The summed E-state index contributed by atoms with van der Waals surface area (Å²) < 4.78 is 0. The van der Waals surface area contributed by atoms with Gasteiger partial charge in [0.25, 0.3) is 0 Å². The zero-order chi connectivity index (χ0) is 18.0. The number of rotatable bonds is 3. The number of benzene rings is 2. The molecule has 3 rings (SSSR count). The second-order valence-electron chi connectivity index (χ2n) is 6.97. The van der Waals surface area contributed by atoms with Crippen LogP contribution < -0.4 is 5.32 Å². The number of anilines is 1. The molecule has 0 aliphatic carbocycles. The summed E-state index contributed by atoms with van der Waals surface area (Å²) in [5.41, 5.74) is 5.81. The molecule has 1 aliphatic rings. The van der Waals surface area contributed by atoms with Crippen molar-refractivity contribution in [1.82, 2.24) is 4.90 Å². The van der Waals surface area contributed by atoms with Crippen LogP contribution in [-0.2, 0) is 0 Å². The quantitative estimate of drug-likeness (QED) is 0.766. The number of nitrogens with zero attached hydrogens (tertiary/aromatic N) is 1. The number of amides is 2. The summed E-state index contributed by atoms with van der Waals surface area (Å²) in [4.78, 5) is 14.7. The molecule has 1 heterocycles. The van der Waals surface area contributed by atoms with E-state index in [1.165, 1.54) is 22.3 Å². The maximum absolute atomic E-state index is 12.8. The fraction of sp³-hybridized carbons (Fsp3) is 0.381. The number of aryl methyl sites for hydroxylation is 2. The van der Waals surface area contributed by atoms with Crippen LogP contribution in [0.15, 0.2) is 42.5 Å². The van der Waals surface area contributed by atoms with Gasteiger partial charge < -0.3 is 10.2 Å². The highest BCUT2D eigenvalue weighted by Crippen LogP contribution is 2.38. The normalized spacial score (nSPS) is 17.2. The first-order valence-electron chi connectivity index (χ1n) is 8.82. The summed E-state index contributed by atoms with van der Waals surface area (Å²) in [7, 11) is 0. The van der Waals surface area contributed by atoms with Crippen LogP contribution in [0.2, 0.25) is 0 Å². The average Bonchev–Trinajstić information content (AvgIpc) is 3.08. The first-order valence-corrected chi connectivity index (χ1v) is 9.87. The summed E-state index contributed by atoms with van der Waals surface area (Å²) in [6.45, 7) is 9.31. The van der Waals surface area contributed by atoms with Crippen molar-refractivity contribution in [1.29, 1.82) is 0 Å². The van der Waals surface area contributed by atoms with Gasteiger partial charge in [-0.2, -0.15) is 0 Å². The van der Waals surface area contributed by atoms with Gasteiger partial charge in [-0.05, 0) is 54.2 Å². The molecule has 0 bridgehead atoms. The first kappa shape index (κ1) is 17.9. The molecule has 1 saturated heterocycles. The Kier molecular flexibility index (Phi) is 5.38. The van der Waals surface area contributed by atoms with Crippen LogP contribution in [0.4, 0.5) is 10.5 Å². The molecule has 2 aromatic carbocycles. The Balaban J connectivity index is 1.74. The highest BCUT2D eigenvalue weighted by molar-refractivity contribution is 7.99. The molecule has 2 aromatic rings. The number of thioether (sulfide) groups is 1. The van der Waals surface area contributed by atoms with Gasteiger partial charge in [-0.15, -0.1) is 11.8 Å². The summed E-state index contributed by atoms with van der Waals surface area (Å²) >= 11 is 1.83. The smallest absolute Gasteiger partial charge is 0.308 e. The molecule has 25 heavy (non-hydrogen) atoms. The molecule has 1 fully saturated rings. The Morgan fingerprint density at radius 2 is 1.84 bits per heavy atom. The van der Waals surface area contributed by atoms with Crippen molar-refractivity contribution in [2.45, 2.75) is 39.0 Å². The lowest BCUT2D eigenvalue weighted by Crippen LogP contribution is -2.34. The number of carbonyl (C=O) groups is 1. The second-order valence-corrected chi connectivity index (χ2v) is 8.16. The zero-order valence-electron chi connectivity index (χ0n) is 15.4. The Morgan fingerprint density at radius 3 is 2.48 bits per heavy atom. The minimum absolute atomic E-state index is 0.0220. The van der Waals surface area contributed by atoms with Gasteiger partial charge in [-0.3, -0.25) is 0 Å². The monoisotopic (exact) mass is 354 g/mol. The van der Waals surface area contributed by atoms with Crippen LogP contribution in [0.1, 0.15) is 47.4 Å². The van der Waals surface area contributed by atoms with Gasteiger partial charge in [-0.25, -0.2) is 4.79 Å². The van der Waals surface area contributed by atoms with Gasteiger partial charge in [0.2, 0.25) is 0 Å². The molecule has 0 aromatic heterocycles. The maximum atomic E-state index is 12.8. The van der Waals surface area contributed by atoms with Crippen molar-refractivity contribution in [3.05, 3.63) is 64.7 Å². The van der Waals surface area contributed by atoms with E-state index in [1.807, 2.05) is 34.9 Å². The van der Waals surface area contributed by atoms with E-state index in [2.05, 4.69) is 57.3 Å². The fourth-order valence-electron chi connectivity index (χ4n) is 3.01. The lowest BCUT2D eigenvalue weighted by atomic mass is 10.0. The van der Waals surface area contributed by atoms with Crippen LogP contribution >= 0.6 is 11.8 Å². The number of hydrogen-bond donors (Lipinski definition) is 1. The van der Waals surface area contributed by atoms with Gasteiger partial charge in [0, 0.05) is 18.0 Å². The Morgan fingerprint density at radius 1 is 1.12 bits per heavy atom. The summed E-state index contributed by atoms with van der Waals surface area (Å²) in [5.74, 6) is 1.49. The third kappa shape index (κ3) is 4.01. The van der Waals surface area contributed by atoms with Crippen molar-refractivity contribution in [3.8, 4) is 0 Å². The molecular weight excluding hydrogens is 328 g/mol. The van der Waals surface area contributed by atoms with Crippen LogP contribution in [0.5, 0.6) is 0 Å². The largest absolute Gasteiger partial charge is 0.323 e. The van der Waals surface area contributed by atoms with E-state index in [1.54, 1.807) is 0 Å². The molecule has 1 unspecified atom stereocenters. The third-order valence-electron chi connectivity index (χ3n) is 4.80. The van der Waals surface area contributed by atoms with Gasteiger partial charge in [-0.1, -0.05) is 44.2 Å². The zero-order valence-corrected chi connectivity index (χ0v) is 16.2. The van der Waals surface area contributed by atoms with E-state index in [9.17, 15) is 4.79 Å². The summed E-state index contributed by atoms with van der Waals surface area (Å²) in [5, 5.41) is 3.15. The molecule has 0 radical (unpaired) electrons. The number of urea groups is 1. The predicted octanol–water partition coefficient (Wildman–Crippen LogP) is 5.71. The van der Waals surface area contributed by atoms with Crippen LogP contribution in [0, 0.1) is 13.8 Å². The SMILES string of the molecule is Cc1ccc(NC(=O)N2CCSC2c2ccc(C(C)C)cc2)cc1C. The number of hydrogen-bond acceptors (Lipinski definition) is 2. The second kappa shape index (κ2) is 7.52. The minimum Gasteiger partial charge on any atom is -0.308 e. The maximum Gasteiger partial charge on any atom is 0.323 e. The van der Waals surface area contributed by atoms with Crippen molar-refractivity contribution in [2.24, 2.45) is 0 Å². The van der Waals surface area contributed by atoms with Crippen LogP contribution in [0.25, 0.3) is 0 Å².